The van der Waals surface area contributed by atoms with E-state index in [-0.39, 0.29) is 17.1 Å². The largest absolute Gasteiger partial charge is 0.464 e. The van der Waals surface area contributed by atoms with E-state index in [1.165, 1.54) is 18.4 Å². The smallest absolute Gasteiger partial charge is 0.359 e. The monoisotopic (exact) mass is 311 g/mol. The summed E-state index contributed by atoms with van der Waals surface area (Å²) in [4.78, 5) is 29.8. The molecular weight excluding hydrogens is 294 g/mol. The maximum absolute atomic E-state index is 12.3. The van der Waals surface area contributed by atoms with Gasteiger partial charge in [0, 0.05) is 18.5 Å². The van der Waals surface area contributed by atoms with Crippen LogP contribution in [0.1, 0.15) is 21.9 Å². The highest BCUT2D eigenvalue weighted by molar-refractivity contribution is 7.16. The Morgan fingerprint density at radius 2 is 2.24 bits per heavy atom. The van der Waals surface area contributed by atoms with Gasteiger partial charge in [0.1, 0.15) is 5.00 Å². The third-order valence-electron chi connectivity index (χ3n) is 3.88. The van der Waals surface area contributed by atoms with Gasteiger partial charge in [0.05, 0.1) is 25.3 Å². The van der Waals surface area contributed by atoms with Crippen LogP contribution in [0.15, 0.2) is 0 Å². The molecule has 0 aliphatic carbocycles. The Kier molecular flexibility index (Phi) is 3.58. The zero-order valence-electron chi connectivity index (χ0n) is 12.0. The number of hydrogen-bond acceptors (Lipinski definition) is 6. The Morgan fingerprint density at radius 3 is 2.81 bits per heavy atom. The van der Waals surface area contributed by atoms with Gasteiger partial charge in [-0.2, -0.15) is 0 Å². The summed E-state index contributed by atoms with van der Waals surface area (Å²) in [6, 6.07) is -0.201. The number of carbonyl (C=O) groups excluding carboxylic acids is 2. The number of amides is 2. The van der Waals surface area contributed by atoms with E-state index >= 15 is 0 Å². The normalized spacial score (nSPS) is 19.4. The van der Waals surface area contributed by atoms with Gasteiger partial charge >= 0.3 is 12.0 Å². The van der Waals surface area contributed by atoms with E-state index < -0.39 is 5.97 Å². The third-order valence-corrected chi connectivity index (χ3v) is 4.76. The van der Waals surface area contributed by atoms with Crippen molar-refractivity contribution in [2.24, 2.45) is 5.41 Å². The first-order valence-corrected chi connectivity index (χ1v) is 7.54. The Labute approximate surface area is 126 Å². The zero-order chi connectivity index (χ0) is 15.0. The molecule has 2 fully saturated rings. The minimum Gasteiger partial charge on any atom is -0.464 e. The zero-order valence-corrected chi connectivity index (χ0v) is 12.8. The first-order chi connectivity index (χ1) is 10.0. The summed E-state index contributed by atoms with van der Waals surface area (Å²) in [6.07, 6.45) is 0.964. The van der Waals surface area contributed by atoms with E-state index in [1.54, 1.807) is 11.8 Å². The Bertz CT molecular complexity index is 582. The topological polar surface area (TPSA) is 80.8 Å². The fraction of sp³-hybridized carbons (Fsp3) is 0.615. The number of aromatic nitrogens is 1. The number of hydrogen-bond donors (Lipinski definition) is 1. The molecule has 0 aromatic carbocycles. The van der Waals surface area contributed by atoms with E-state index in [4.69, 9.17) is 4.74 Å². The van der Waals surface area contributed by atoms with Crippen molar-refractivity contribution in [1.29, 1.82) is 0 Å². The molecule has 114 valence electrons. The number of methoxy groups -OCH3 is 1. The standard InChI is InChI=1S/C13H17N3O4S/c1-8-14-9(11(17)19-2)10(21-8)15-12(18)16-4-3-13(5-16)6-20-7-13/h3-7H2,1-2H3,(H,15,18). The van der Waals surface area contributed by atoms with E-state index in [9.17, 15) is 9.59 Å². The summed E-state index contributed by atoms with van der Waals surface area (Å²) in [7, 11) is 1.30. The van der Waals surface area contributed by atoms with Gasteiger partial charge in [-0.3, -0.25) is 5.32 Å². The van der Waals surface area contributed by atoms with Crippen LogP contribution < -0.4 is 5.32 Å². The van der Waals surface area contributed by atoms with Crippen LogP contribution in [0.25, 0.3) is 0 Å². The highest BCUT2D eigenvalue weighted by Gasteiger charge is 2.45. The molecule has 2 saturated heterocycles. The van der Waals surface area contributed by atoms with Crippen LogP contribution in [0.4, 0.5) is 9.80 Å². The number of anilines is 1. The second kappa shape index (κ2) is 5.27. The Balaban J connectivity index is 1.69. The van der Waals surface area contributed by atoms with Gasteiger partial charge in [0.2, 0.25) is 0 Å². The molecule has 0 unspecified atom stereocenters. The van der Waals surface area contributed by atoms with Gasteiger partial charge in [-0.05, 0) is 13.3 Å². The van der Waals surface area contributed by atoms with Crippen molar-refractivity contribution >= 4 is 28.3 Å². The van der Waals surface area contributed by atoms with Gasteiger partial charge in [-0.15, -0.1) is 11.3 Å². The molecule has 1 aromatic rings. The van der Waals surface area contributed by atoms with Crippen molar-refractivity contribution in [3.8, 4) is 0 Å². The summed E-state index contributed by atoms with van der Waals surface area (Å²) in [5.41, 5.74) is 0.306. The Hall–Kier alpha value is -1.67. The highest BCUT2D eigenvalue weighted by Crippen LogP contribution is 2.37. The number of thiazole rings is 1. The molecule has 0 saturated carbocycles. The molecule has 7 nitrogen and oxygen atoms in total. The van der Waals surface area contributed by atoms with Gasteiger partial charge < -0.3 is 14.4 Å². The molecule has 2 aliphatic rings. The molecule has 8 heteroatoms. The third kappa shape index (κ3) is 2.60. The second-order valence-electron chi connectivity index (χ2n) is 5.50. The summed E-state index contributed by atoms with van der Waals surface area (Å²) in [5, 5.41) is 3.92. The first kappa shape index (κ1) is 14.3. The van der Waals surface area contributed by atoms with Gasteiger partial charge in [0.15, 0.2) is 5.69 Å². The van der Waals surface area contributed by atoms with Gasteiger partial charge in [-0.1, -0.05) is 0 Å². The van der Waals surface area contributed by atoms with Gasteiger partial charge in [0.25, 0.3) is 0 Å². The second-order valence-corrected chi connectivity index (χ2v) is 6.70. The minimum absolute atomic E-state index is 0.145. The molecule has 1 aromatic heterocycles. The average Bonchev–Trinajstić information content (AvgIpc) is 3.01. The quantitative estimate of drug-likeness (QED) is 0.837. The molecule has 1 N–H and O–H groups in total. The van der Waals surface area contributed by atoms with Crippen molar-refractivity contribution in [1.82, 2.24) is 9.88 Å². The van der Waals surface area contributed by atoms with Crippen LogP contribution in [-0.2, 0) is 9.47 Å². The molecule has 0 radical (unpaired) electrons. The number of likely N-dealkylation sites (tertiary alicyclic amines) is 1. The molecule has 0 bridgehead atoms. The number of esters is 1. The Morgan fingerprint density at radius 1 is 1.48 bits per heavy atom. The summed E-state index contributed by atoms with van der Waals surface area (Å²) in [6.45, 7) is 4.64. The van der Waals surface area contributed by atoms with Crippen LogP contribution in [0.5, 0.6) is 0 Å². The predicted octanol–water partition coefficient (Wildman–Crippen LogP) is 1.49. The highest BCUT2D eigenvalue weighted by atomic mass is 32.1. The van der Waals surface area contributed by atoms with Crippen LogP contribution in [0.3, 0.4) is 0 Å². The number of aryl methyl sites for hydroxylation is 1. The lowest BCUT2D eigenvalue weighted by Gasteiger charge is -2.37. The van der Waals surface area contributed by atoms with E-state index in [0.29, 0.717) is 23.1 Å². The molecule has 3 heterocycles. The number of ether oxygens (including phenoxy) is 2. The van der Waals surface area contributed by atoms with Gasteiger partial charge in [-0.25, -0.2) is 14.6 Å². The van der Waals surface area contributed by atoms with E-state index in [1.807, 2.05) is 0 Å². The van der Waals surface area contributed by atoms with E-state index in [2.05, 4.69) is 15.0 Å². The van der Waals surface area contributed by atoms with Crippen molar-refractivity contribution in [3.63, 3.8) is 0 Å². The van der Waals surface area contributed by atoms with Crippen molar-refractivity contribution in [2.75, 3.05) is 38.7 Å². The number of nitrogens with one attached hydrogen (secondary N) is 1. The maximum Gasteiger partial charge on any atom is 0.359 e. The fourth-order valence-corrected chi connectivity index (χ4v) is 3.45. The SMILES string of the molecule is COC(=O)c1nc(C)sc1NC(=O)N1CCC2(COC2)C1. The minimum atomic E-state index is -0.542. The lowest BCUT2D eigenvalue weighted by atomic mass is 9.85. The molecular formula is C13H17N3O4S. The summed E-state index contributed by atoms with van der Waals surface area (Å²) in [5.74, 6) is -0.542. The predicted molar refractivity (Wildman–Crippen MR) is 76.7 cm³/mol. The van der Waals surface area contributed by atoms with Crippen LogP contribution in [-0.4, -0.2) is 55.3 Å². The number of rotatable bonds is 2. The maximum atomic E-state index is 12.3. The fourth-order valence-electron chi connectivity index (χ4n) is 2.66. The number of carbonyl (C=O) groups is 2. The van der Waals surface area contributed by atoms with E-state index in [0.717, 1.165) is 19.6 Å². The van der Waals surface area contributed by atoms with Crippen molar-refractivity contribution < 1.29 is 19.1 Å². The summed E-state index contributed by atoms with van der Waals surface area (Å²) < 4.78 is 9.93. The molecule has 1 spiro atoms. The lowest BCUT2D eigenvalue weighted by Crippen LogP contribution is -2.46. The molecule has 21 heavy (non-hydrogen) atoms. The summed E-state index contributed by atoms with van der Waals surface area (Å²) >= 11 is 1.27. The van der Waals surface area contributed by atoms with Crippen LogP contribution in [0.2, 0.25) is 0 Å². The lowest BCUT2D eigenvalue weighted by molar-refractivity contribution is -0.103. The average molecular weight is 311 g/mol. The van der Waals surface area contributed by atoms with Crippen LogP contribution in [0, 0.1) is 12.3 Å². The molecule has 0 atom stereocenters. The number of urea groups is 1. The molecule has 2 aliphatic heterocycles. The first-order valence-electron chi connectivity index (χ1n) is 6.72. The van der Waals surface area contributed by atoms with Crippen molar-refractivity contribution in [3.05, 3.63) is 10.7 Å². The van der Waals surface area contributed by atoms with Crippen LogP contribution >= 0.6 is 11.3 Å². The number of nitrogens with zero attached hydrogens (tertiary/aromatic N) is 2. The molecule has 3 rings (SSSR count). The molecule has 2 amide bonds. The van der Waals surface area contributed by atoms with Crippen molar-refractivity contribution in [2.45, 2.75) is 13.3 Å².